The number of benzene rings is 1. The predicted octanol–water partition coefficient (Wildman–Crippen LogP) is 2.01. The highest BCUT2D eigenvalue weighted by Gasteiger charge is 2.34. The minimum absolute atomic E-state index is 0.153. The summed E-state index contributed by atoms with van der Waals surface area (Å²) in [5.74, 6) is -1.31. The van der Waals surface area contributed by atoms with Gasteiger partial charge in [-0.1, -0.05) is 28.1 Å². The van der Waals surface area contributed by atoms with Gasteiger partial charge in [-0.25, -0.2) is 0 Å². The quantitative estimate of drug-likeness (QED) is 0.569. The highest BCUT2D eigenvalue weighted by molar-refractivity contribution is 9.10. The van der Waals surface area contributed by atoms with Gasteiger partial charge in [-0.2, -0.15) is 0 Å². The van der Waals surface area contributed by atoms with Gasteiger partial charge in [-0.15, -0.1) is 0 Å². The van der Waals surface area contributed by atoms with Crippen molar-refractivity contribution in [3.8, 4) is 0 Å². The molecule has 14 heavy (non-hydrogen) atoms. The standard InChI is InChI=1S/C10H7BrO3/c11-7-3-1-6(2-4-7)8-5-9(12)14-10(8)13/h1-4,8H,5H2/t8-/m0/s1. The Morgan fingerprint density at radius 2 is 1.86 bits per heavy atom. The summed E-state index contributed by atoms with van der Waals surface area (Å²) in [6, 6.07) is 7.31. The zero-order chi connectivity index (χ0) is 10.1. The molecule has 1 atom stereocenters. The van der Waals surface area contributed by atoms with E-state index in [2.05, 4.69) is 20.7 Å². The third-order valence-electron chi connectivity index (χ3n) is 2.14. The van der Waals surface area contributed by atoms with Crippen LogP contribution in [0.1, 0.15) is 17.9 Å². The largest absolute Gasteiger partial charge is 0.393 e. The van der Waals surface area contributed by atoms with Crippen molar-refractivity contribution in [1.29, 1.82) is 0 Å². The molecule has 1 saturated heterocycles. The first-order valence-corrected chi connectivity index (χ1v) is 4.96. The van der Waals surface area contributed by atoms with Crippen molar-refractivity contribution < 1.29 is 14.3 Å². The van der Waals surface area contributed by atoms with Crippen LogP contribution in [-0.2, 0) is 14.3 Å². The first kappa shape index (κ1) is 9.40. The zero-order valence-electron chi connectivity index (χ0n) is 7.20. The Balaban J connectivity index is 2.27. The molecule has 0 spiro atoms. The third-order valence-corrected chi connectivity index (χ3v) is 2.67. The number of esters is 2. The summed E-state index contributed by atoms with van der Waals surface area (Å²) in [6.07, 6.45) is 0.153. The van der Waals surface area contributed by atoms with Crippen LogP contribution < -0.4 is 0 Å². The molecule has 1 aliphatic heterocycles. The average Bonchev–Trinajstić information content (AvgIpc) is 2.47. The minimum atomic E-state index is -0.447. The lowest BCUT2D eigenvalue weighted by Crippen LogP contribution is -2.05. The van der Waals surface area contributed by atoms with Crippen LogP contribution >= 0.6 is 15.9 Å². The van der Waals surface area contributed by atoms with E-state index in [1.54, 1.807) is 0 Å². The minimum Gasteiger partial charge on any atom is -0.393 e. The van der Waals surface area contributed by atoms with Gasteiger partial charge in [0.05, 0.1) is 12.3 Å². The molecule has 4 heteroatoms. The lowest BCUT2D eigenvalue weighted by Gasteiger charge is -2.03. The Labute approximate surface area is 89.2 Å². The van der Waals surface area contributed by atoms with Crippen LogP contribution in [0.2, 0.25) is 0 Å². The van der Waals surface area contributed by atoms with E-state index >= 15 is 0 Å². The molecule has 1 aliphatic rings. The molecule has 3 nitrogen and oxygen atoms in total. The van der Waals surface area contributed by atoms with Crippen LogP contribution in [0, 0.1) is 0 Å². The molecule has 0 aromatic heterocycles. The molecule has 0 N–H and O–H groups in total. The Hall–Kier alpha value is -1.16. The van der Waals surface area contributed by atoms with Crippen molar-refractivity contribution in [2.75, 3.05) is 0 Å². The van der Waals surface area contributed by atoms with Gasteiger partial charge in [0.25, 0.3) is 0 Å². The second-order valence-corrected chi connectivity index (χ2v) is 4.02. The number of carbonyl (C=O) groups is 2. The molecule has 0 radical (unpaired) electrons. The molecule has 1 aromatic rings. The predicted molar refractivity (Wildman–Crippen MR) is 52.6 cm³/mol. The maximum absolute atomic E-state index is 11.2. The van der Waals surface area contributed by atoms with Crippen molar-refractivity contribution >= 4 is 27.9 Å². The van der Waals surface area contributed by atoms with E-state index in [0.717, 1.165) is 10.0 Å². The van der Waals surface area contributed by atoms with Gasteiger partial charge in [0.2, 0.25) is 0 Å². The molecule has 0 amide bonds. The number of hydrogen-bond acceptors (Lipinski definition) is 3. The summed E-state index contributed by atoms with van der Waals surface area (Å²) in [6.45, 7) is 0. The summed E-state index contributed by atoms with van der Waals surface area (Å²) in [5.41, 5.74) is 0.823. The molecule has 0 aliphatic carbocycles. The SMILES string of the molecule is O=C1C[C@@H](c2ccc(Br)cc2)C(=O)O1. The summed E-state index contributed by atoms with van der Waals surface area (Å²) < 4.78 is 5.41. The van der Waals surface area contributed by atoms with Crippen molar-refractivity contribution in [1.82, 2.24) is 0 Å². The molecule has 1 aromatic carbocycles. The third kappa shape index (κ3) is 1.70. The maximum Gasteiger partial charge on any atom is 0.321 e. The average molecular weight is 255 g/mol. The number of halogens is 1. The number of cyclic esters (lactones) is 2. The first-order chi connectivity index (χ1) is 6.66. The lowest BCUT2D eigenvalue weighted by molar-refractivity contribution is -0.152. The number of ether oxygens (including phenoxy) is 1. The van der Waals surface area contributed by atoms with Gasteiger partial charge >= 0.3 is 11.9 Å². The second kappa shape index (κ2) is 3.53. The Bertz CT molecular complexity index is 383. The molecule has 1 heterocycles. The van der Waals surface area contributed by atoms with Crippen LogP contribution in [-0.4, -0.2) is 11.9 Å². The molecule has 72 valence electrons. The van der Waals surface area contributed by atoms with E-state index in [-0.39, 0.29) is 6.42 Å². The lowest BCUT2D eigenvalue weighted by atomic mass is 9.98. The Kier molecular flexibility index (Phi) is 2.37. The van der Waals surface area contributed by atoms with Gasteiger partial charge in [-0.05, 0) is 17.7 Å². The zero-order valence-corrected chi connectivity index (χ0v) is 8.78. The molecular weight excluding hydrogens is 248 g/mol. The van der Waals surface area contributed by atoms with Gasteiger partial charge in [0.15, 0.2) is 0 Å². The molecule has 0 unspecified atom stereocenters. The van der Waals surface area contributed by atoms with Crippen LogP contribution in [0.15, 0.2) is 28.7 Å². The van der Waals surface area contributed by atoms with E-state index in [1.807, 2.05) is 24.3 Å². The van der Waals surface area contributed by atoms with E-state index in [1.165, 1.54) is 0 Å². The van der Waals surface area contributed by atoms with Gasteiger partial charge < -0.3 is 4.74 Å². The first-order valence-electron chi connectivity index (χ1n) is 4.17. The highest BCUT2D eigenvalue weighted by atomic mass is 79.9. The number of hydrogen-bond donors (Lipinski definition) is 0. The maximum atomic E-state index is 11.2. The topological polar surface area (TPSA) is 43.4 Å². The fourth-order valence-corrected chi connectivity index (χ4v) is 1.69. The second-order valence-electron chi connectivity index (χ2n) is 3.10. The van der Waals surface area contributed by atoms with Crippen molar-refractivity contribution in [3.63, 3.8) is 0 Å². The van der Waals surface area contributed by atoms with Gasteiger partial charge in [-0.3, -0.25) is 9.59 Å². The summed E-state index contributed by atoms with van der Waals surface area (Å²) in [5, 5.41) is 0. The molecule has 0 bridgehead atoms. The van der Waals surface area contributed by atoms with Gasteiger partial charge in [0.1, 0.15) is 0 Å². The Morgan fingerprint density at radius 1 is 1.21 bits per heavy atom. The molecule has 1 fully saturated rings. The normalized spacial score (nSPS) is 21.1. The monoisotopic (exact) mass is 254 g/mol. The summed E-state index contributed by atoms with van der Waals surface area (Å²) in [4.78, 5) is 22.1. The van der Waals surface area contributed by atoms with Crippen LogP contribution in [0.5, 0.6) is 0 Å². The number of carbonyl (C=O) groups excluding carboxylic acids is 2. The van der Waals surface area contributed by atoms with Crippen LogP contribution in [0.4, 0.5) is 0 Å². The van der Waals surface area contributed by atoms with Gasteiger partial charge in [0, 0.05) is 4.47 Å². The molecular formula is C10H7BrO3. The summed E-state index contributed by atoms with van der Waals surface area (Å²) >= 11 is 3.30. The fourth-order valence-electron chi connectivity index (χ4n) is 1.42. The fraction of sp³-hybridized carbons (Fsp3) is 0.200. The molecule has 0 saturated carbocycles. The highest BCUT2D eigenvalue weighted by Crippen LogP contribution is 2.28. The number of rotatable bonds is 1. The van der Waals surface area contributed by atoms with Crippen LogP contribution in [0.3, 0.4) is 0 Å². The molecule has 2 rings (SSSR count). The van der Waals surface area contributed by atoms with E-state index in [4.69, 9.17) is 0 Å². The Morgan fingerprint density at radius 3 is 2.36 bits per heavy atom. The smallest absolute Gasteiger partial charge is 0.321 e. The summed E-state index contributed by atoms with van der Waals surface area (Å²) in [7, 11) is 0. The van der Waals surface area contributed by atoms with Crippen molar-refractivity contribution in [2.24, 2.45) is 0 Å². The van der Waals surface area contributed by atoms with E-state index in [0.29, 0.717) is 0 Å². The van der Waals surface area contributed by atoms with E-state index in [9.17, 15) is 9.59 Å². The van der Waals surface area contributed by atoms with Crippen molar-refractivity contribution in [3.05, 3.63) is 34.3 Å². The van der Waals surface area contributed by atoms with Crippen LogP contribution in [0.25, 0.3) is 0 Å². The van der Waals surface area contributed by atoms with Crippen molar-refractivity contribution in [2.45, 2.75) is 12.3 Å². The van der Waals surface area contributed by atoms with E-state index < -0.39 is 17.9 Å².